The second-order valence-electron chi connectivity index (χ2n) is 3.34. The Kier molecular flexibility index (Phi) is 4.84. The van der Waals surface area contributed by atoms with Gasteiger partial charge in [0.25, 0.3) is 0 Å². The van der Waals surface area contributed by atoms with Crippen LogP contribution in [0.5, 0.6) is 0 Å². The van der Waals surface area contributed by atoms with E-state index in [0.717, 1.165) is 0 Å². The van der Waals surface area contributed by atoms with E-state index in [1.54, 1.807) is 6.92 Å². The van der Waals surface area contributed by atoms with Crippen molar-refractivity contribution in [3.63, 3.8) is 0 Å². The smallest absolute Gasteiger partial charge is 0.223 e. The van der Waals surface area contributed by atoms with Gasteiger partial charge in [0, 0.05) is 19.9 Å². The second-order valence-corrected chi connectivity index (χ2v) is 5.26. The van der Waals surface area contributed by atoms with Crippen LogP contribution in [0.15, 0.2) is 4.52 Å². The number of nitrogens with zero attached hydrogens (tertiary/aromatic N) is 2. The van der Waals surface area contributed by atoms with Crippen molar-refractivity contribution in [3.8, 4) is 0 Å². The van der Waals surface area contributed by atoms with Crippen LogP contribution in [-0.2, 0) is 16.4 Å². The molecule has 92 valence electrons. The Morgan fingerprint density at radius 3 is 2.81 bits per heavy atom. The summed E-state index contributed by atoms with van der Waals surface area (Å²) in [5, 5.41) is 3.66. The summed E-state index contributed by atoms with van der Waals surface area (Å²) in [6.07, 6.45) is 0.871. The minimum absolute atomic E-state index is 0.0504. The zero-order chi connectivity index (χ0) is 12.0. The van der Waals surface area contributed by atoms with Crippen molar-refractivity contribution in [3.05, 3.63) is 11.7 Å². The van der Waals surface area contributed by atoms with Gasteiger partial charge in [-0.25, -0.2) is 13.1 Å². The lowest BCUT2D eigenvalue weighted by Gasteiger charge is -2.03. The van der Waals surface area contributed by atoms with Gasteiger partial charge in [-0.1, -0.05) is 5.16 Å². The van der Waals surface area contributed by atoms with Crippen LogP contribution in [0.3, 0.4) is 0 Å². The summed E-state index contributed by atoms with van der Waals surface area (Å²) < 4.78 is 29.9. The van der Waals surface area contributed by atoms with Crippen LogP contribution in [0.2, 0.25) is 0 Å². The Hall–Kier alpha value is -0.990. The van der Waals surface area contributed by atoms with Crippen molar-refractivity contribution in [2.24, 2.45) is 5.73 Å². The predicted molar refractivity (Wildman–Crippen MR) is 58.2 cm³/mol. The first-order chi connectivity index (χ1) is 7.53. The Labute approximate surface area is 94.5 Å². The highest BCUT2D eigenvalue weighted by Crippen LogP contribution is 1.95. The fraction of sp³-hybridized carbons (Fsp3) is 0.750. The third-order valence-corrected chi connectivity index (χ3v) is 3.33. The number of rotatable bonds is 7. The summed E-state index contributed by atoms with van der Waals surface area (Å²) in [7, 11) is -3.22. The molecule has 3 N–H and O–H groups in total. The summed E-state index contributed by atoms with van der Waals surface area (Å²) in [6, 6.07) is 0. The molecule has 0 bridgehead atoms. The monoisotopic (exact) mass is 248 g/mol. The van der Waals surface area contributed by atoms with Gasteiger partial charge in [0.05, 0.1) is 5.75 Å². The number of hydrogen-bond acceptors (Lipinski definition) is 6. The number of aryl methyl sites for hydroxylation is 1. The Morgan fingerprint density at radius 2 is 2.25 bits per heavy atom. The molecule has 0 unspecified atom stereocenters. The SMILES string of the molecule is Cc1nc(CCNS(=O)(=O)CCCN)no1. The van der Waals surface area contributed by atoms with Gasteiger partial charge >= 0.3 is 0 Å². The molecular weight excluding hydrogens is 232 g/mol. The Morgan fingerprint density at radius 1 is 1.50 bits per heavy atom. The fourth-order valence-corrected chi connectivity index (χ4v) is 2.21. The third-order valence-electron chi connectivity index (χ3n) is 1.86. The van der Waals surface area contributed by atoms with Crippen LogP contribution in [0, 0.1) is 6.92 Å². The lowest BCUT2D eigenvalue weighted by atomic mass is 10.4. The van der Waals surface area contributed by atoms with Crippen LogP contribution in [0.25, 0.3) is 0 Å². The van der Waals surface area contributed by atoms with Gasteiger partial charge in [0.2, 0.25) is 15.9 Å². The number of sulfonamides is 1. The first-order valence-corrected chi connectivity index (χ1v) is 6.65. The molecule has 1 heterocycles. The first-order valence-electron chi connectivity index (χ1n) is 5.00. The molecule has 0 aliphatic rings. The molecule has 0 amide bonds. The molecule has 0 atom stereocenters. The minimum atomic E-state index is -3.22. The van der Waals surface area contributed by atoms with Gasteiger partial charge < -0.3 is 10.3 Å². The molecule has 7 nitrogen and oxygen atoms in total. The van der Waals surface area contributed by atoms with Gasteiger partial charge in [-0.15, -0.1) is 0 Å². The summed E-state index contributed by atoms with van der Waals surface area (Å²) in [6.45, 7) is 2.32. The van der Waals surface area contributed by atoms with Crippen LogP contribution in [-0.4, -0.2) is 37.4 Å². The van der Waals surface area contributed by atoms with E-state index in [1.807, 2.05) is 0 Å². The molecule has 1 rings (SSSR count). The molecule has 1 aromatic rings. The van der Waals surface area contributed by atoms with Gasteiger partial charge in [0.1, 0.15) is 0 Å². The molecule has 0 spiro atoms. The Bertz CT molecular complexity index is 415. The van der Waals surface area contributed by atoms with Crippen LogP contribution >= 0.6 is 0 Å². The fourth-order valence-electron chi connectivity index (χ4n) is 1.11. The average Bonchev–Trinajstić information content (AvgIpc) is 2.61. The lowest BCUT2D eigenvalue weighted by molar-refractivity contribution is 0.387. The molecule has 0 aromatic carbocycles. The molecule has 0 saturated carbocycles. The van der Waals surface area contributed by atoms with Crippen LogP contribution in [0.1, 0.15) is 18.1 Å². The van der Waals surface area contributed by atoms with E-state index in [0.29, 0.717) is 31.1 Å². The molecule has 0 aliphatic carbocycles. The quantitative estimate of drug-likeness (QED) is 0.652. The summed E-state index contributed by atoms with van der Waals surface area (Å²) >= 11 is 0. The highest BCUT2D eigenvalue weighted by molar-refractivity contribution is 7.89. The molecular formula is C8H16N4O3S. The van der Waals surface area contributed by atoms with Crippen molar-refractivity contribution < 1.29 is 12.9 Å². The summed E-state index contributed by atoms with van der Waals surface area (Å²) in [5.74, 6) is 1.02. The van der Waals surface area contributed by atoms with Crippen molar-refractivity contribution in [2.45, 2.75) is 19.8 Å². The van der Waals surface area contributed by atoms with Gasteiger partial charge in [-0.2, -0.15) is 4.98 Å². The average molecular weight is 248 g/mol. The van der Waals surface area contributed by atoms with Crippen molar-refractivity contribution in [1.29, 1.82) is 0 Å². The first kappa shape index (κ1) is 13.1. The van der Waals surface area contributed by atoms with Crippen molar-refractivity contribution >= 4 is 10.0 Å². The molecule has 0 aliphatic heterocycles. The molecule has 0 fully saturated rings. The summed E-state index contributed by atoms with van der Waals surface area (Å²) in [4.78, 5) is 3.96. The molecule has 16 heavy (non-hydrogen) atoms. The van der Waals surface area contributed by atoms with Gasteiger partial charge in [0.15, 0.2) is 5.82 Å². The van der Waals surface area contributed by atoms with E-state index in [9.17, 15) is 8.42 Å². The second kappa shape index (κ2) is 5.92. The highest BCUT2D eigenvalue weighted by atomic mass is 32.2. The minimum Gasteiger partial charge on any atom is -0.340 e. The van der Waals surface area contributed by atoms with Crippen LogP contribution < -0.4 is 10.5 Å². The molecule has 0 saturated heterocycles. The van der Waals surface area contributed by atoms with Crippen LogP contribution in [0.4, 0.5) is 0 Å². The van der Waals surface area contributed by atoms with Gasteiger partial charge in [-0.05, 0) is 13.0 Å². The lowest BCUT2D eigenvalue weighted by Crippen LogP contribution is -2.29. The molecule has 8 heteroatoms. The van der Waals surface area contributed by atoms with E-state index < -0.39 is 10.0 Å². The molecule has 1 aromatic heterocycles. The number of nitrogens with one attached hydrogen (secondary N) is 1. The summed E-state index contributed by atoms with van der Waals surface area (Å²) in [5.41, 5.74) is 5.23. The van der Waals surface area contributed by atoms with E-state index in [-0.39, 0.29) is 12.3 Å². The zero-order valence-electron chi connectivity index (χ0n) is 9.14. The van der Waals surface area contributed by atoms with Crippen molar-refractivity contribution in [1.82, 2.24) is 14.9 Å². The van der Waals surface area contributed by atoms with E-state index in [1.165, 1.54) is 0 Å². The standard InChI is InChI=1S/C8H16N4O3S/c1-7-11-8(12-15-7)3-5-10-16(13,14)6-2-4-9/h10H,2-6,9H2,1H3. The normalized spacial score (nSPS) is 11.9. The van der Waals surface area contributed by atoms with E-state index >= 15 is 0 Å². The number of hydrogen-bond donors (Lipinski definition) is 2. The number of nitrogens with two attached hydrogens (primary N) is 1. The highest BCUT2D eigenvalue weighted by Gasteiger charge is 2.09. The maximum atomic E-state index is 11.4. The molecule has 0 radical (unpaired) electrons. The Balaban J connectivity index is 2.29. The zero-order valence-corrected chi connectivity index (χ0v) is 9.96. The van der Waals surface area contributed by atoms with E-state index in [4.69, 9.17) is 10.3 Å². The van der Waals surface area contributed by atoms with Crippen molar-refractivity contribution in [2.75, 3.05) is 18.8 Å². The maximum absolute atomic E-state index is 11.4. The van der Waals surface area contributed by atoms with E-state index in [2.05, 4.69) is 14.9 Å². The third kappa shape index (κ3) is 4.69. The largest absolute Gasteiger partial charge is 0.340 e. The maximum Gasteiger partial charge on any atom is 0.223 e. The number of aromatic nitrogens is 2. The topological polar surface area (TPSA) is 111 Å². The van der Waals surface area contributed by atoms with Gasteiger partial charge in [-0.3, -0.25) is 0 Å². The predicted octanol–water partition coefficient (Wildman–Crippen LogP) is -0.811.